The summed E-state index contributed by atoms with van der Waals surface area (Å²) in [6, 6.07) is 6.58. The first-order valence-electron chi connectivity index (χ1n) is 5.20. The van der Waals surface area contributed by atoms with Crippen molar-refractivity contribution >= 4 is 29.1 Å². The molecule has 1 rings (SSSR count). The van der Waals surface area contributed by atoms with Gasteiger partial charge in [-0.2, -0.15) is 0 Å². The summed E-state index contributed by atoms with van der Waals surface area (Å²) in [5.41, 5.74) is 0.144. The second kappa shape index (κ2) is 6.12. The number of aromatic hydroxyl groups is 1. The van der Waals surface area contributed by atoms with Crippen molar-refractivity contribution in [3.8, 4) is 5.75 Å². The SMILES string of the molecule is CC(CCl)(CCl)NC(=O)Cc1cccc(O)c1. The molecule has 1 aromatic rings. The lowest BCUT2D eigenvalue weighted by Crippen LogP contribution is -2.49. The standard InChI is InChI=1S/C12H15Cl2NO2/c1-12(7-13,8-14)15-11(17)6-9-3-2-4-10(16)5-9/h2-5,16H,6-8H2,1H3,(H,15,17). The number of halogens is 2. The fourth-order valence-electron chi connectivity index (χ4n) is 1.34. The summed E-state index contributed by atoms with van der Waals surface area (Å²) in [6.45, 7) is 1.79. The maximum absolute atomic E-state index is 11.7. The average molecular weight is 276 g/mol. The number of benzene rings is 1. The molecule has 0 aromatic heterocycles. The van der Waals surface area contributed by atoms with Crippen LogP contribution in [0, 0.1) is 0 Å². The van der Waals surface area contributed by atoms with Gasteiger partial charge < -0.3 is 10.4 Å². The van der Waals surface area contributed by atoms with E-state index < -0.39 is 5.54 Å². The molecule has 0 spiro atoms. The zero-order valence-electron chi connectivity index (χ0n) is 9.54. The molecule has 0 saturated heterocycles. The Kier molecular flexibility index (Phi) is 5.09. The van der Waals surface area contributed by atoms with E-state index in [1.165, 1.54) is 0 Å². The van der Waals surface area contributed by atoms with Crippen molar-refractivity contribution in [1.82, 2.24) is 5.32 Å². The first-order chi connectivity index (χ1) is 7.99. The predicted octanol–water partition coefficient (Wildman–Crippen LogP) is 2.29. The second-order valence-corrected chi connectivity index (χ2v) is 4.76. The molecule has 0 aliphatic rings. The molecule has 0 aliphatic carbocycles. The van der Waals surface area contributed by atoms with Crippen LogP contribution in [-0.4, -0.2) is 28.3 Å². The minimum absolute atomic E-state index is 0.146. The van der Waals surface area contributed by atoms with E-state index in [-0.39, 0.29) is 29.8 Å². The molecule has 17 heavy (non-hydrogen) atoms. The van der Waals surface area contributed by atoms with Gasteiger partial charge in [-0.25, -0.2) is 0 Å². The van der Waals surface area contributed by atoms with Gasteiger partial charge in [0.05, 0.1) is 12.0 Å². The molecule has 0 atom stereocenters. The summed E-state index contributed by atoms with van der Waals surface area (Å²) < 4.78 is 0. The van der Waals surface area contributed by atoms with Gasteiger partial charge in [-0.3, -0.25) is 4.79 Å². The van der Waals surface area contributed by atoms with Gasteiger partial charge in [0.25, 0.3) is 0 Å². The van der Waals surface area contributed by atoms with E-state index in [9.17, 15) is 9.90 Å². The highest BCUT2D eigenvalue weighted by Gasteiger charge is 2.24. The number of amides is 1. The zero-order chi connectivity index (χ0) is 12.9. The van der Waals surface area contributed by atoms with Gasteiger partial charge in [-0.1, -0.05) is 12.1 Å². The van der Waals surface area contributed by atoms with Crippen molar-refractivity contribution in [2.75, 3.05) is 11.8 Å². The number of phenols is 1. The summed E-state index contributed by atoms with van der Waals surface area (Å²) >= 11 is 11.5. The summed E-state index contributed by atoms with van der Waals surface area (Å²) in [7, 11) is 0. The summed E-state index contributed by atoms with van der Waals surface area (Å²) in [4.78, 5) is 11.7. The molecule has 1 aromatic carbocycles. The van der Waals surface area contributed by atoms with Crippen LogP contribution in [0.25, 0.3) is 0 Å². The Morgan fingerprint density at radius 3 is 2.59 bits per heavy atom. The predicted molar refractivity (Wildman–Crippen MR) is 69.8 cm³/mol. The van der Waals surface area contributed by atoms with E-state index in [4.69, 9.17) is 23.2 Å². The van der Waals surface area contributed by atoms with E-state index in [0.29, 0.717) is 0 Å². The first kappa shape index (κ1) is 14.1. The number of hydrogen-bond acceptors (Lipinski definition) is 2. The monoisotopic (exact) mass is 275 g/mol. The third kappa shape index (κ3) is 4.44. The molecule has 0 fully saturated rings. The van der Waals surface area contributed by atoms with E-state index >= 15 is 0 Å². The van der Waals surface area contributed by atoms with Crippen LogP contribution in [0.1, 0.15) is 12.5 Å². The molecule has 0 unspecified atom stereocenters. The van der Waals surface area contributed by atoms with E-state index in [1.807, 2.05) is 0 Å². The van der Waals surface area contributed by atoms with Crippen LogP contribution in [0.4, 0.5) is 0 Å². The van der Waals surface area contributed by atoms with Crippen molar-refractivity contribution in [1.29, 1.82) is 0 Å². The highest BCUT2D eigenvalue weighted by atomic mass is 35.5. The van der Waals surface area contributed by atoms with Gasteiger partial charge in [0.1, 0.15) is 5.75 Å². The number of carbonyl (C=O) groups excluding carboxylic acids is 1. The molecular formula is C12H15Cl2NO2. The van der Waals surface area contributed by atoms with Crippen molar-refractivity contribution < 1.29 is 9.90 Å². The number of rotatable bonds is 5. The van der Waals surface area contributed by atoms with Crippen LogP contribution in [0.2, 0.25) is 0 Å². The minimum Gasteiger partial charge on any atom is -0.508 e. The molecular weight excluding hydrogens is 261 g/mol. The van der Waals surface area contributed by atoms with Crippen LogP contribution in [0.5, 0.6) is 5.75 Å². The highest BCUT2D eigenvalue weighted by molar-refractivity contribution is 6.22. The van der Waals surface area contributed by atoms with Crippen molar-refractivity contribution in [2.24, 2.45) is 0 Å². The lowest BCUT2D eigenvalue weighted by molar-refractivity contribution is -0.121. The van der Waals surface area contributed by atoms with Crippen molar-refractivity contribution in [3.05, 3.63) is 29.8 Å². The van der Waals surface area contributed by atoms with Gasteiger partial charge >= 0.3 is 0 Å². The molecule has 1 amide bonds. The summed E-state index contributed by atoms with van der Waals surface area (Å²) in [5.74, 6) is 0.483. The Balaban J connectivity index is 2.61. The molecule has 0 bridgehead atoms. The molecule has 0 aliphatic heterocycles. The lowest BCUT2D eigenvalue weighted by Gasteiger charge is -2.25. The van der Waals surface area contributed by atoms with Crippen LogP contribution in [-0.2, 0) is 11.2 Å². The van der Waals surface area contributed by atoms with Gasteiger partial charge in [0.15, 0.2) is 0 Å². The molecule has 2 N–H and O–H groups in total. The fourth-order valence-corrected chi connectivity index (χ4v) is 1.75. The van der Waals surface area contributed by atoms with Crippen molar-refractivity contribution in [2.45, 2.75) is 18.9 Å². The Morgan fingerprint density at radius 2 is 2.06 bits per heavy atom. The van der Waals surface area contributed by atoms with Gasteiger partial charge in [-0.15, -0.1) is 23.2 Å². The number of hydrogen-bond donors (Lipinski definition) is 2. The summed E-state index contributed by atoms with van der Waals surface area (Å²) in [6.07, 6.45) is 0.192. The van der Waals surface area contributed by atoms with E-state index in [0.717, 1.165) is 5.56 Å². The number of phenolic OH excluding ortho intramolecular Hbond substituents is 1. The Bertz CT molecular complexity index is 392. The smallest absolute Gasteiger partial charge is 0.224 e. The number of nitrogens with one attached hydrogen (secondary N) is 1. The maximum Gasteiger partial charge on any atom is 0.224 e. The number of alkyl halides is 2. The highest BCUT2D eigenvalue weighted by Crippen LogP contribution is 2.13. The molecule has 0 saturated carbocycles. The first-order valence-corrected chi connectivity index (χ1v) is 6.27. The number of carbonyl (C=O) groups is 1. The van der Waals surface area contributed by atoms with Crippen molar-refractivity contribution in [3.63, 3.8) is 0 Å². The normalized spacial score (nSPS) is 11.2. The van der Waals surface area contributed by atoms with Gasteiger partial charge in [0.2, 0.25) is 5.91 Å². The largest absolute Gasteiger partial charge is 0.508 e. The van der Waals surface area contributed by atoms with Crippen LogP contribution in [0.3, 0.4) is 0 Å². The molecule has 0 radical (unpaired) electrons. The zero-order valence-corrected chi connectivity index (χ0v) is 11.1. The topological polar surface area (TPSA) is 49.3 Å². The van der Waals surface area contributed by atoms with Crippen LogP contribution < -0.4 is 5.32 Å². The van der Waals surface area contributed by atoms with Gasteiger partial charge in [0, 0.05) is 11.8 Å². The Morgan fingerprint density at radius 1 is 1.41 bits per heavy atom. The van der Waals surface area contributed by atoms with Crippen LogP contribution >= 0.6 is 23.2 Å². The Labute approximate surface area is 111 Å². The Hall–Kier alpha value is -0.930. The maximum atomic E-state index is 11.7. The lowest BCUT2D eigenvalue weighted by atomic mass is 10.1. The molecule has 5 heteroatoms. The second-order valence-electron chi connectivity index (χ2n) is 4.22. The van der Waals surface area contributed by atoms with E-state index in [2.05, 4.69) is 5.32 Å². The van der Waals surface area contributed by atoms with E-state index in [1.54, 1.807) is 31.2 Å². The quantitative estimate of drug-likeness (QED) is 0.811. The average Bonchev–Trinajstić information content (AvgIpc) is 2.28. The third-order valence-corrected chi connectivity index (χ3v) is 3.49. The van der Waals surface area contributed by atoms with Crippen LogP contribution in [0.15, 0.2) is 24.3 Å². The molecule has 0 heterocycles. The third-order valence-electron chi connectivity index (χ3n) is 2.31. The minimum atomic E-state index is -0.600. The molecule has 3 nitrogen and oxygen atoms in total. The molecule has 94 valence electrons. The van der Waals surface area contributed by atoms with Gasteiger partial charge in [-0.05, 0) is 24.6 Å². The fraction of sp³-hybridized carbons (Fsp3) is 0.417. The summed E-state index contributed by atoms with van der Waals surface area (Å²) in [5, 5.41) is 12.1.